The number of hydrogen-bond acceptors (Lipinski definition) is 16. The average Bonchev–Trinajstić information content (AvgIpc) is 3.59. The van der Waals surface area contributed by atoms with Crippen LogP contribution in [0.5, 0.6) is 5.75 Å². The van der Waals surface area contributed by atoms with E-state index >= 15 is 4.39 Å². The summed E-state index contributed by atoms with van der Waals surface area (Å²) >= 11 is 7.53. The molecule has 6 aromatic rings. The first-order valence-electron chi connectivity index (χ1n) is 22.5. The van der Waals surface area contributed by atoms with E-state index in [-0.39, 0.29) is 58.1 Å². The molecule has 3 fully saturated rings. The van der Waals surface area contributed by atoms with Crippen molar-refractivity contribution in [1.82, 2.24) is 39.4 Å². The van der Waals surface area contributed by atoms with E-state index in [1.807, 2.05) is 32.6 Å². The van der Waals surface area contributed by atoms with Crippen LogP contribution < -0.4 is 32.7 Å². The molecule has 0 aliphatic carbocycles. The van der Waals surface area contributed by atoms with Crippen LogP contribution in [0.25, 0.3) is 28.0 Å². The van der Waals surface area contributed by atoms with Gasteiger partial charge in [-0.15, -0.1) is 0 Å². The maximum absolute atomic E-state index is 15.8. The Hall–Kier alpha value is -6.48. The second kappa shape index (κ2) is 19.9. The van der Waals surface area contributed by atoms with Crippen molar-refractivity contribution in [3.63, 3.8) is 0 Å². The Morgan fingerprint density at radius 1 is 1.01 bits per heavy atom. The number of nitrogens with two attached hydrogens (primary N) is 3. The molecule has 1 spiro atoms. The Labute approximate surface area is 406 Å². The molecule has 8 heterocycles. The minimum Gasteiger partial charge on any atom is -0.507 e. The lowest BCUT2D eigenvalue weighted by Crippen LogP contribution is -2.54. The van der Waals surface area contributed by atoms with Crippen molar-refractivity contribution in [2.24, 2.45) is 11.1 Å². The molecule has 0 saturated carbocycles. The van der Waals surface area contributed by atoms with Gasteiger partial charge in [-0.2, -0.15) is 4.98 Å². The molecule has 69 heavy (non-hydrogen) atoms. The van der Waals surface area contributed by atoms with Crippen LogP contribution in [0.1, 0.15) is 57.7 Å². The summed E-state index contributed by atoms with van der Waals surface area (Å²) in [4.78, 5) is 59.0. The van der Waals surface area contributed by atoms with Gasteiger partial charge in [0.1, 0.15) is 39.7 Å². The van der Waals surface area contributed by atoms with E-state index in [2.05, 4.69) is 48.3 Å². The smallest absolute Gasteiger partial charge is 0.355 e. The van der Waals surface area contributed by atoms with Crippen molar-refractivity contribution in [3.05, 3.63) is 106 Å². The van der Waals surface area contributed by atoms with Gasteiger partial charge in [0, 0.05) is 67.5 Å². The predicted molar refractivity (Wildman–Crippen MR) is 264 cm³/mol. The maximum Gasteiger partial charge on any atom is 0.355 e. The fourth-order valence-corrected chi connectivity index (χ4v) is 10.2. The van der Waals surface area contributed by atoms with Gasteiger partial charge >= 0.3 is 5.69 Å². The highest BCUT2D eigenvalue weighted by molar-refractivity contribution is 7.99. The first-order valence-corrected chi connectivity index (χ1v) is 23.7. The average molecular weight is 983 g/mol. The molecule has 5 aromatic heterocycles. The minimum absolute atomic E-state index is 0.0360. The second-order valence-electron chi connectivity index (χ2n) is 17.8. The number of carbonyl (C=O) groups is 1. The molecule has 9 rings (SSSR count). The van der Waals surface area contributed by atoms with Crippen LogP contribution in [-0.2, 0) is 9.53 Å². The Morgan fingerprint density at radius 3 is 2.41 bits per heavy atom. The largest absolute Gasteiger partial charge is 0.507 e. The number of piperazine rings is 1. The lowest BCUT2D eigenvalue weighted by Gasteiger charge is -2.41. The summed E-state index contributed by atoms with van der Waals surface area (Å²) in [7, 11) is 0. The van der Waals surface area contributed by atoms with Gasteiger partial charge in [0.05, 0.1) is 46.3 Å². The third-order valence-electron chi connectivity index (χ3n) is 13.1. The molecule has 3 saturated heterocycles. The quantitative estimate of drug-likeness (QED) is 0.117. The molecule has 3 aliphatic heterocycles. The molecule has 3 unspecified atom stereocenters. The van der Waals surface area contributed by atoms with Gasteiger partial charge in [-0.3, -0.25) is 9.78 Å². The molecular weight excluding hydrogens is 928 g/mol. The summed E-state index contributed by atoms with van der Waals surface area (Å²) in [6.45, 7) is 16.6. The van der Waals surface area contributed by atoms with Gasteiger partial charge in [0.25, 0.3) is 0 Å². The number of rotatable bonds is 8. The first kappa shape index (κ1) is 49.0. The lowest BCUT2D eigenvalue weighted by atomic mass is 9.73. The van der Waals surface area contributed by atoms with Gasteiger partial charge in [-0.1, -0.05) is 49.9 Å². The number of anilines is 4. The normalized spacial score (nSPS) is 19.0. The SMILES string of the molecule is C=CC(=O)N1CCN(c2nc(=O)n(-c3c(C)ccnc3C(C)C)c3nc(-c4c(O)cccc4F)c(F)cc23)C(C)C1.CC1OCC2(CCN(c3cnc(Sc4ccnc(N)c4Cl)c(N)n3)CC2)C1N. The molecule has 17 nitrogen and oxygen atoms in total. The number of amides is 1. The summed E-state index contributed by atoms with van der Waals surface area (Å²) < 4.78 is 37.8. The molecule has 3 aliphatic rings. The predicted octanol–water partition coefficient (Wildman–Crippen LogP) is 6.65. The Morgan fingerprint density at radius 2 is 1.75 bits per heavy atom. The van der Waals surface area contributed by atoms with Crippen LogP contribution >= 0.6 is 23.4 Å². The van der Waals surface area contributed by atoms with E-state index < -0.39 is 34.3 Å². The monoisotopic (exact) mass is 981 g/mol. The van der Waals surface area contributed by atoms with Crippen LogP contribution in [-0.4, -0.2) is 108 Å². The maximum atomic E-state index is 15.8. The number of ether oxygens (including phenoxy) is 1. The number of benzene rings is 1. The van der Waals surface area contributed by atoms with Gasteiger partial charge in [-0.05, 0) is 81.5 Å². The minimum atomic E-state index is -0.897. The lowest BCUT2D eigenvalue weighted by molar-refractivity contribution is -0.126. The zero-order chi connectivity index (χ0) is 49.5. The van der Waals surface area contributed by atoms with E-state index in [0.29, 0.717) is 52.4 Å². The number of halogens is 3. The summed E-state index contributed by atoms with van der Waals surface area (Å²) in [6.07, 6.45) is 8.31. The van der Waals surface area contributed by atoms with Crippen molar-refractivity contribution in [2.75, 3.05) is 60.6 Å². The van der Waals surface area contributed by atoms with Crippen LogP contribution in [0.2, 0.25) is 5.02 Å². The number of carbonyl (C=O) groups excluding carboxylic acids is 1. The highest BCUT2D eigenvalue weighted by Crippen LogP contribution is 2.43. The number of phenols is 1. The Bertz CT molecular complexity index is 2990. The Balaban J connectivity index is 0.000000200. The third kappa shape index (κ3) is 9.49. The van der Waals surface area contributed by atoms with Gasteiger partial charge < -0.3 is 41.7 Å². The van der Waals surface area contributed by atoms with Crippen LogP contribution in [0.4, 0.5) is 32.1 Å². The summed E-state index contributed by atoms with van der Waals surface area (Å²) in [5, 5.41) is 11.6. The third-order valence-corrected chi connectivity index (χ3v) is 14.7. The fourth-order valence-electron chi connectivity index (χ4n) is 9.23. The highest BCUT2D eigenvalue weighted by Gasteiger charge is 2.47. The number of phenolic OH excluding ortho intramolecular Hbond substituents is 1. The van der Waals surface area contributed by atoms with Crippen molar-refractivity contribution in [3.8, 4) is 22.7 Å². The number of piperidine rings is 1. The molecule has 1 aromatic carbocycles. The van der Waals surface area contributed by atoms with Crippen molar-refractivity contribution in [1.29, 1.82) is 0 Å². The number of aryl methyl sites for hydroxylation is 1. The number of aromatic hydroxyl groups is 1. The highest BCUT2D eigenvalue weighted by atomic mass is 35.5. The van der Waals surface area contributed by atoms with Gasteiger partial charge in [0.2, 0.25) is 5.91 Å². The molecule has 362 valence electrons. The summed E-state index contributed by atoms with van der Waals surface area (Å²) in [6, 6.07) is 8.13. The molecule has 0 bridgehead atoms. The zero-order valence-corrected chi connectivity index (χ0v) is 40.4. The van der Waals surface area contributed by atoms with Crippen LogP contribution in [0.3, 0.4) is 0 Å². The van der Waals surface area contributed by atoms with Crippen molar-refractivity contribution in [2.45, 2.75) is 81.5 Å². The van der Waals surface area contributed by atoms with Crippen LogP contribution in [0.15, 0.2) is 82.4 Å². The number of hydrogen-bond donors (Lipinski definition) is 4. The summed E-state index contributed by atoms with van der Waals surface area (Å²) in [5.74, 6) is -0.930. The first-order chi connectivity index (χ1) is 32.9. The number of nitrogens with zero attached hydrogens (tertiary/aromatic N) is 10. The van der Waals surface area contributed by atoms with Crippen molar-refractivity contribution < 1.29 is 23.4 Å². The molecule has 0 radical (unpaired) electrons. The molecule has 3 atom stereocenters. The van der Waals surface area contributed by atoms with E-state index in [0.717, 1.165) is 55.4 Å². The second-order valence-corrected chi connectivity index (χ2v) is 19.3. The van der Waals surface area contributed by atoms with E-state index in [1.165, 1.54) is 34.5 Å². The topological polar surface area (TPSA) is 234 Å². The summed E-state index contributed by atoms with van der Waals surface area (Å²) in [5.41, 5.74) is 18.7. The molecule has 7 N–H and O–H groups in total. The number of nitrogen functional groups attached to an aromatic ring is 2. The van der Waals surface area contributed by atoms with E-state index in [9.17, 15) is 19.1 Å². The molecule has 1 amide bonds. The Kier molecular flexibility index (Phi) is 14.1. The van der Waals surface area contributed by atoms with Gasteiger partial charge in [0.15, 0.2) is 17.3 Å². The molecular formula is C48H54ClF2N13O4S. The molecule has 21 heteroatoms. The zero-order valence-electron chi connectivity index (χ0n) is 38.9. The standard InChI is InChI=1S/C30H30F2N6O3.C18H24ClN7OS/c1-6-23(40)36-12-13-37(18(5)15-36)28-19-14-21(32)26(24-20(31)8-7-9-22(24)39)34-29(19)38(30(41)35-28)27-17(4)10-11-33-25(27)16(2)3;1-10-14(20)18(9-27-10)3-6-26(7-4-18)12-8-24-17(16(22)25-12)28-11-2-5-23-15(21)13(11)19/h6-11,14,16,18,39H,1,12-13,15H2,2-5H3;2,5,8,10,14H,3-4,6-7,9,20H2,1H3,(H2,21,23)(H2,22,25). The van der Waals surface area contributed by atoms with Crippen LogP contribution in [0, 0.1) is 24.0 Å². The van der Waals surface area contributed by atoms with E-state index in [4.69, 9.17) is 33.5 Å². The number of pyridine rings is 3. The number of fused-ring (bicyclic) bond motifs is 1. The fraction of sp³-hybridized carbons (Fsp3) is 0.375. The van der Waals surface area contributed by atoms with E-state index in [1.54, 1.807) is 35.6 Å². The van der Waals surface area contributed by atoms with Gasteiger partial charge in [-0.25, -0.2) is 38.1 Å². The van der Waals surface area contributed by atoms with Crippen molar-refractivity contribution >= 4 is 63.6 Å². The number of aromatic nitrogens is 7.